The second kappa shape index (κ2) is 4.53. The molecule has 0 saturated carbocycles. The molecule has 0 atom stereocenters. The number of rotatable bonds is 3. The molecule has 0 aliphatic rings. The van der Waals surface area contributed by atoms with Gasteiger partial charge in [-0.25, -0.2) is 0 Å². The van der Waals surface area contributed by atoms with E-state index in [2.05, 4.69) is 5.10 Å². The van der Waals surface area contributed by atoms with Crippen molar-refractivity contribution in [2.45, 2.75) is 6.61 Å². The van der Waals surface area contributed by atoms with E-state index in [9.17, 15) is 10.2 Å². The Morgan fingerprint density at radius 3 is 2.58 bits per heavy atom. The third-order valence-electron chi connectivity index (χ3n) is 2.83. The summed E-state index contributed by atoms with van der Waals surface area (Å²) in [7, 11) is 0. The minimum Gasteiger partial charge on any atom is -0.504 e. The van der Waals surface area contributed by atoms with Crippen LogP contribution in [0, 0.1) is 0 Å². The second-order valence-corrected chi connectivity index (χ2v) is 4.18. The molecule has 96 valence electrons. The predicted molar refractivity (Wildman–Crippen MR) is 69.8 cm³/mol. The first-order valence-electron chi connectivity index (χ1n) is 5.81. The summed E-state index contributed by atoms with van der Waals surface area (Å²) in [5, 5.41) is 23.7. The lowest BCUT2D eigenvalue weighted by Gasteiger charge is -2.06. The number of aromatic nitrogens is 2. The van der Waals surface area contributed by atoms with E-state index in [0.29, 0.717) is 17.5 Å². The van der Waals surface area contributed by atoms with Gasteiger partial charge in [-0.05, 0) is 11.6 Å². The smallest absolute Gasteiger partial charge is 0.159 e. The van der Waals surface area contributed by atoms with E-state index >= 15 is 0 Å². The zero-order valence-electron chi connectivity index (χ0n) is 10.0. The van der Waals surface area contributed by atoms with Crippen LogP contribution < -0.4 is 4.84 Å². The Labute approximate surface area is 109 Å². The summed E-state index contributed by atoms with van der Waals surface area (Å²) in [6, 6.07) is 12.6. The Morgan fingerprint density at radius 1 is 1.05 bits per heavy atom. The van der Waals surface area contributed by atoms with Crippen LogP contribution in [0.3, 0.4) is 0 Å². The maximum Gasteiger partial charge on any atom is 0.159 e. The van der Waals surface area contributed by atoms with Gasteiger partial charge in [-0.3, -0.25) is 0 Å². The monoisotopic (exact) mass is 256 g/mol. The third-order valence-corrected chi connectivity index (χ3v) is 2.83. The lowest BCUT2D eigenvalue weighted by molar-refractivity contribution is 0.0794. The molecule has 0 bridgehead atoms. The number of phenols is 2. The van der Waals surface area contributed by atoms with Crippen LogP contribution in [-0.2, 0) is 6.61 Å². The molecule has 0 unspecified atom stereocenters. The summed E-state index contributed by atoms with van der Waals surface area (Å²) in [5.41, 5.74) is 1.63. The summed E-state index contributed by atoms with van der Waals surface area (Å²) in [5.74, 6) is -0.368. The Bertz CT molecular complexity index is 707. The predicted octanol–water partition coefficient (Wildman–Crippen LogP) is 2.08. The molecule has 19 heavy (non-hydrogen) atoms. The topological polar surface area (TPSA) is 67.5 Å². The summed E-state index contributed by atoms with van der Waals surface area (Å²) in [6.07, 6.45) is 1.57. The van der Waals surface area contributed by atoms with Crippen molar-refractivity contribution in [3.05, 3.63) is 54.2 Å². The van der Waals surface area contributed by atoms with Crippen LogP contribution in [0.5, 0.6) is 11.5 Å². The van der Waals surface area contributed by atoms with Gasteiger partial charge in [0.25, 0.3) is 0 Å². The summed E-state index contributed by atoms with van der Waals surface area (Å²) < 4.78 is 0. The molecule has 2 aromatic carbocycles. The lowest BCUT2D eigenvalue weighted by Crippen LogP contribution is -2.12. The van der Waals surface area contributed by atoms with Gasteiger partial charge < -0.3 is 15.1 Å². The fourth-order valence-electron chi connectivity index (χ4n) is 1.84. The normalized spacial score (nSPS) is 10.7. The largest absolute Gasteiger partial charge is 0.504 e. The van der Waals surface area contributed by atoms with Gasteiger partial charge in [0.05, 0.1) is 6.20 Å². The summed E-state index contributed by atoms with van der Waals surface area (Å²) in [6.45, 7) is 0.374. The van der Waals surface area contributed by atoms with Crippen molar-refractivity contribution in [2.24, 2.45) is 0 Å². The van der Waals surface area contributed by atoms with E-state index in [1.807, 2.05) is 30.3 Å². The molecule has 0 aliphatic carbocycles. The van der Waals surface area contributed by atoms with Crippen molar-refractivity contribution < 1.29 is 15.1 Å². The van der Waals surface area contributed by atoms with Crippen molar-refractivity contribution in [2.75, 3.05) is 0 Å². The fraction of sp³-hybridized carbons (Fsp3) is 0.0714. The molecule has 1 heterocycles. The molecular weight excluding hydrogens is 244 g/mol. The van der Waals surface area contributed by atoms with E-state index in [4.69, 9.17) is 4.84 Å². The quantitative estimate of drug-likeness (QED) is 0.704. The van der Waals surface area contributed by atoms with Gasteiger partial charge in [0.15, 0.2) is 11.5 Å². The van der Waals surface area contributed by atoms with Crippen LogP contribution in [0.25, 0.3) is 10.9 Å². The van der Waals surface area contributed by atoms with Gasteiger partial charge in [-0.2, -0.15) is 0 Å². The van der Waals surface area contributed by atoms with E-state index in [1.54, 1.807) is 6.20 Å². The van der Waals surface area contributed by atoms with E-state index in [0.717, 1.165) is 5.56 Å². The van der Waals surface area contributed by atoms with Gasteiger partial charge in [-0.15, -0.1) is 5.10 Å². The molecule has 3 rings (SSSR count). The number of benzene rings is 2. The maximum atomic E-state index is 9.50. The van der Waals surface area contributed by atoms with Crippen molar-refractivity contribution >= 4 is 10.9 Å². The van der Waals surface area contributed by atoms with Crippen molar-refractivity contribution in [1.82, 2.24) is 9.94 Å². The number of aromatic hydroxyl groups is 2. The maximum absolute atomic E-state index is 9.50. The van der Waals surface area contributed by atoms with E-state index in [1.165, 1.54) is 17.0 Å². The zero-order chi connectivity index (χ0) is 13.2. The number of nitrogens with zero attached hydrogens (tertiary/aromatic N) is 2. The first-order chi connectivity index (χ1) is 9.24. The van der Waals surface area contributed by atoms with E-state index < -0.39 is 0 Å². The molecule has 5 nitrogen and oxygen atoms in total. The SMILES string of the molecule is Oc1cc2cnn(OCc3ccccc3)c2cc1O. The summed E-state index contributed by atoms with van der Waals surface area (Å²) in [4.78, 5) is 6.89. The third kappa shape index (κ3) is 2.18. The standard InChI is InChI=1S/C14H12N2O3/c17-13-6-11-8-15-16(12(11)7-14(13)18)19-9-10-4-2-1-3-5-10/h1-8,17-18H,9H2. The molecule has 0 aliphatic heterocycles. The second-order valence-electron chi connectivity index (χ2n) is 4.18. The Hall–Kier alpha value is -2.69. The van der Waals surface area contributed by atoms with Gasteiger partial charge in [0, 0.05) is 11.5 Å². The highest BCUT2D eigenvalue weighted by Crippen LogP contribution is 2.29. The van der Waals surface area contributed by atoms with Crippen LogP contribution in [0.2, 0.25) is 0 Å². The molecule has 0 saturated heterocycles. The van der Waals surface area contributed by atoms with Crippen LogP contribution in [0.4, 0.5) is 0 Å². The first-order valence-corrected chi connectivity index (χ1v) is 5.81. The molecular formula is C14H12N2O3. The number of phenolic OH excluding ortho intramolecular Hbond substituents is 2. The Balaban J connectivity index is 1.87. The van der Waals surface area contributed by atoms with Crippen molar-refractivity contribution in [3.8, 4) is 11.5 Å². The molecule has 0 spiro atoms. The Kier molecular flexibility index (Phi) is 2.72. The highest BCUT2D eigenvalue weighted by molar-refractivity contribution is 5.82. The molecule has 0 fully saturated rings. The van der Waals surface area contributed by atoms with Gasteiger partial charge in [0.2, 0.25) is 0 Å². The minimum atomic E-state index is -0.197. The summed E-state index contributed by atoms with van der Waals surface area (Å²) >= 11 is 0. The number of fused-ring (bicyclic) bond motifs is 1. The lowest BCUT2D eigenvalue weighted by atomic mass is 10.2. The average Bonchev–Trinajstić information content (AvgIpc) is 2.80. The average molecular weight is 256 g/mol. The van der Waals surface area contributed by atoms with Crippen LogP contribution in [0.1, 0.15) is 5.56 Å². The number of hydrogen-bond donors (Lipinski definition) is 2. The van der Waals surface area contributed by atoms with Crippen LogP contribution in [-0.4, -0.2) is 20.2 Å². The highest BCUT2D eigenvalue weighted by Gasteiger charge is 2.08. The van der Waals surface area contributed by atoms with Gasteiger partial charge >= 0.3 is 0 Å². The van der Waals surface area contributed by atoms with E-state index in [-0.39, 0.29) is 11.5 Å². The van der Waals surface area contributed by atoms with Crippen LogP contribution in [0.15, 0.2) is 48.7 Å². The highest BCUT2D eigenvalue weighted by atomic mass is 16.7. The molecule has 0 radical (unpaired) electrons. The first kappa shape index (κ1) is 11.4. The Morgan fingerprint density at radius 2 is 1.79 bits per heavy atom. The molecule has 0 amide bonds. The van der Waals surface area contributed by atoms with Gasteiger partial charge in [0.1, 0.15) is 12.1 Å². The molecule has 2 N–H and O–H groups in total. The number of hydrogen-bond acceptors (Lipinski definition) is 4. The molecule has 3 aromatic rings. The van der Waals surface area contributed by atoms with Crippen molar-refractivity contribution in [1.29, 1.82) is 0 Å². The van der Waals surface area contributed by atoms with Gasteiger partial charge in [-0.1, -0.05) is 35.2 Å². The minimum absolute atomic E-state index is 0.171. The van der Waals surface area contributed by atoms with Crippen LogP contribution >= 0.6 is 0 Å². The van der Waals surface area contributed by atoms with Crippen molar-refractivity contribution in [3.63, 3.8) is 0 Å². The zero-order valence-corrected chi connectivity index (χ0v) is 10.0. The fourth-order valence-corrected chi connectivity index (χ4v) is 1.84. The molecule has 5 heteroatoms. The molecule has 1 aromatic heterocycles.